The molecule has 7 nitrogen and oxygen atoms in total. The molecule has 1 aromatic carbocycles. The molecular weight excluding hydrogens is 380 g/mol. The number of nitrogens with zero attached hydrogens (tertiary/aromatic N) is 4. The van der Waals surface area contributed by atoms with Gasteiger partial charge in [-0.15, -0.1) is 10.2 Å². The fourth-order valence-corrected chi connectivity index (χ4v) is 4.45. The first-order valence-electron chi connectivity index (χ1n) is 8.48. The number of hydrogen-bond donors (Lipinski definition) is 2. The number of rotatable bonds is 6. The van der Waals surface area contributed by atoms with Crippen LogP contribution < -0.4 is 10.6 Å². The van der Waals surface area contributed by atoms with Gasteiger partial charge in [-0.05, 0) is 45.4 Å². The summed E-state index contributed by atoms with van der Waals surface area (Å²) in [4.78, 5) is 12.5. The Hall–Kier alpha value is -2.39. The minimum absolute atomic E-state index is 0.0809. The molecule has 9 heteroatoms. The van der Waals surface area contributed by atoms with Crippen molar-refractivity contribution in [3.63, 3.8) is 0 Å². The molecule has 27 heavy (non-hydrogen) atoms. The second kappa shape index (κ2) is 8.10. The summed E-state index contributed by atoms with van der Waals surface area (Å²) in [6.45, 7) is 7.71. The molecule has 0 unspecified atom stereocenters. The van der Waals surface area contributed by atoms with Crippen LogP contribution in [0, 0.1) is 20.8 Å². The van der Waals surface area contributed by atoms with Crippen molar-refractivity contribution in [2.45, 2.75) is 37.3 Å². The van der Waals surface area contributed by atoms with Crippen molar-refractivity contribution in [3.8, 4) is 0 Å². The normalized spacial score (nSPS) is 12.0. The zero-order chi connectivity index (χ0) is 19.6. The molecule has 1 atom stereocenters. The molecule has 2 heterocycles. The van der Waals surface area contributed by atoms with Crippen LogP contribution in [0.15, 0.2) is 28.6 Å². The van der Waals surface area contributed by atoms with Gasteiger partial charge in [0.15, 0.2) is 4.34 Å². The summed E-state index contributed by atoms with van der Waals surface area (Å²) in [5.74, 6) is -0.0809. The zero-order valence-corrected chi connectivity index (χ0v) is 17.5. The van der Waals surface area contributed by atoms with Crippen LogP contribution in [0.3, 0.4) is 0 Å². The monoisotopic (exact) mass is 402 g/mol. The summed E-state index contributed by atoms with van der Waals surface area (Å²) >= 11 is 2.82. The zero-order valence-electron chi connectivity index (χ0n) is 15.9. The van der Waals surface area contributed by atoms with Gasteiger partial charge in [-0.1, -0.05) is 35.2 Å². The van der Waals surface area contributed by atoms with Crippen molar-refractivity contribution in [2.75, 3.05) is 10.6 Å². The predicted molar refractivity (Wildman–Crippen MR) is 111 cm³/mol. The van der Waals surface area contributed by atoms with Crippen molar-refractivity contribution in [2.24, 2.45) is 7.05 Å². The van der Waals surface area contributed by atoms with E-state index in [0.717, 1.165) is 27.1 Å². The average Bonchev–Trinajstić information content (AvgIpc) is 3.14. The molecule has 2 aromatic heterocycles. The van der Waals surface area contributed by atoms with Gasteiger partial charge in [0, 0.05) is 12.7 Å². The molecule has 2 N–H and O–H groups in total. The molecule has 0 bridgehead atoms. The van der Waals surface area contributed by atoms with Gasteiger partial charge < -0.3 is 10.6 Å². The highest BCUT2D eigenvalue weighted by molar-refractivity contribution is 8.02. The Kier molecular flexibility index (Phi) is 5.81. The molecule has 0 saturated carbocycles. The number of aryl methyl sites for hydroxylation is 3. The van der Waals surface area contributed by atoms with Crippen LogP contribution in [0.25, 0.3) is 0 Å². The van der Waals surface area contributed by atoms with Crippen LogP contribution >= 0.6 is 23.1 Å². The second-order valence-corrected chi connectivity index (χ2v) is 8.85. The van der Waals surface area contributed by atoms with Crippen molar-refractivity contribution in [1.82, 2.24) is 20.0 Å². The highest BCUT2D eigenvalue weighted by atomic mass is 32.2. The first-order valence-corrected chi connectivity index (χ1v) is 10.2. The molecule has 1 amide bonds. The van der Waals surface area contributed by atoms with Crippen LogP contribution in [0.2, 0.25) is 0 Å². The standard InChI is InChI=1S/C18H22N6OS2/c1-10-7-6-8-14(9-10)19-17-21-22-18(27-17)26-13(4)16(25)20-15-11(2)23-24(5)12(15)3/h6-9,13H,1-5H3,(H,19,21)(H,20,25)/t13-/m1/s1. The van der Waals surface area contributed by atoms with Gasteiger partial charge in [-0.2, -0.15) is 5.10 Å². The lowest BCUT2D eigenvalue weighted by Crippen LogP contribution is -2.23. The SMILES string of the molecule is Cc1cccc(Nc2nnc(S[C@H](C)C(=O)Nc3c(C)nn(C)c3C)s2)c1. The number of anilines is 3. The first kappa shape index (κ1) is 19.4. The van der Waals surface area contributed by atoms with Crippen LogP contribution in [0.5, 0.6) is 0 Å². The van der Waals surface area contributed by atoms with Crippen molar-refractivity contribution in [1.29, 1.82) is 0 Å². The molecule has 3 rings (SSSR count). The van der Waals surface area contributed by atoms with E-state index in [9.17, 15) is 4.79 Å². The van der Waals surface area contributed by atoms with Gasteiger partial charge in [0.2, 0.25) is 11.0 Å². The Morgan fingerprint density at radius 2 is 2.04 bits per heavy atom. The summed E-state index contributed by atoms with van der Waals surface area (Å²) in [5.41, 5.74) is 4.65. The highest BCUT2D eigenvalue weighted by Crippen LogP contribution is 2.31. The number of aromatic nitrogens is 4. The maximum Gasteiger partial charge on any atom is 0.237 e. The third-order valence-electron chi connectivity index (χ3n) is 4.08. The number of amides is 1. The third kappa shape index (κ3) is 4.67. The van der Waals surface area contributed by atoms with Crippen LogP contribution in [0.1, 0.15) is 23.9 Å². The van der Waals surface area contributed by atoms with Crippen molar-refractivity contribution in [3.05, 3.63) is 41.2 Å². The van der Waals surface area contributed by atoms with E-state index >= 15 is 0 Å². The van der Waals surface area contributed by atoms with Gasteiger partial charge in [0.25, 0.3) is 0 Å². The van der Waals surface area contributed by atoms with E-state index in [0.29, 0.717) is 5.13 Å². The predicted octanol–water partition coefficient (Wildman–Crippen LogP) is 4.06. The van der Waals surface area contributed by atoms with Gasteiger partial charge in [0.05, 0.1) is 22.3 Å². The molecule has 0 aliphatic heterocycles. The summed E-state index contributed by atoms with van der Waals surface area (Å²) in [5, 5.41) is 19.3. The topological polar surface area (TPSA) is 84.7 Å². The first-order chi connectivity index (χ1) is 12.8. The Morgan fingerprint density at radius 3 is 2.70 bits per heavy atom. The van der Waals surface area contributed by atoms with E-state index in [2.05, 4.69) is 25.9 Å². The average molecular weight is 403 g/mol. The Balaban J connectivity index is 1.61. The van der Waals surface area contributed by atoms with E-state index in [1.807, 2.05) is 59.0 Å². The summed E-state index contributed by atoms with van der Waals surface area (Å²) < 4.78 is 2.50. The third-order valence-corrected chi connectivity index (χ3v) is 6.10. The molecule has 0 fully saturated rings. The lowest BCUT2D eigenvalue weighted by molar-refractivity contribution is -0.115. The summed E-state index contributed by atoms with van der Waals surface area (Å²) in [6.07, 6.45) is 0. The number of thioether (sulfide) groups is 1. The molecular formula is C18H22N6OS2. The fourth-order valence-electron chi connectivity index (χ4n) is 2.54. The second-order valence-electron chi connectivity index (χ2n) is 6.29. The highest BCUT2D eigenvalue weighted by Gasteiger charge is 2.20. The number of hydrogen-bond acceptors (Lipinski definition) is 7. The van der Waals surface area contributed by atoms with Crippen molar-refractivity contribution >= 4 is 45.5 Å². The number of benzene rings is 1. The molecule has 0 saturated heterocycles. The van der Waals surface area contributed by atoms with Crippen molar-refractivity contribution < 1.29 is 4.79 Å². The van der Waals surface area contributed by atoms with Gasteiger partial charge in [-0.3, -0.25) is 9.48 Å². The number of carbonyl (C=O) groups is 1. The Morgan fingerprint density at radius 1 is 1.26 bits per heavy atom. The minimum atomic E-state index is -0.302. The van der Waals surface area contributed by atoms with E-state index < -0.39 is 0 Å². The maximum atomic E-state index is 12.5. The summed E-state index contributed by atoms with van der Waals surface area (Å²) in [7, 11) is 1.86. The van der Waals surface area contributed by atoms with Crippen LogP contribution in [-0.2, 0) is 11.8 Å². The quantitative estimate of drug-likeness (QED) is 0.605. The van der Waals surface area contributed by atoms with Gasteiger partial charge in [0.1, 0.15) is 0 Å². The molecule has 0 spiro atoms. The molecule has 0 aliphatic rings. The fraction of sp³-hybridized carbons (Fsp3) is 0.333. The van der Waals surface area contributed by atoms with E-state index in [1.165, 1.54) is 28.7 Å². The maximum absolute atomic E-state index is 12.5. The van der Waals surface area contributed by atoms with Gasteiger partial charge >= 0.3 is 0 Å². The minimum Gasteiger partial charge on any atom is -0.330 e. The molecule has 0 radical (unpaired) electrons. The lowest BCUT2D eigenvalue weighted by atomic mass is 10.2. The van der Waals surface area contributed by atoms with E-state index in [-0.39, 0.29) is 11.2 Å². The number of nitrogens with one attached hydrogen (secondary N) is 2. The molecule has 142 valence electrons. The lowest BCUT2D eigenvalue weighted by Gasteiger charge is -2.10. The Labute approximate surface area is 166 Å². The smallest absolute Gasteiger partial charge is 0.237 e. The molecule has 0 aliphatic carbocycles. The Bertz CT molecular complexity index is 965. The largest absolute Gasteiger partial charge is 0.330 e. The van der Waals surface area contributed by atoms with Gasteiger partial charge in [-0.25, -0.2) is 0 Å². The van der Waals surface area contributed by atoms with E-state index in [1.54, 1.807) is 4.68 Å². The number of carbonyl (C=O) groups excluding carboxylic acids is 1. The van der Waals surface area contributed by atoms with Crippen LogP contribution in [-0.4, -0.2) is 31.1 Å². The van der Waals surface area contributed by atoms with Crippen LogP contribution in [0.4, 0.5) is 16.5 Å². The summed E-state index contributed by atoms with van der Waals surface area (Å²) in [6, 6.07) is 8.06. The van der Waals surface area contributed by atoms with E-state index in [4.69, 9.17) is 0 Å². The molecule has 3 aromatic rings.